The molecule has 2 aromatic heterocycles. The lowest BCUT2D eigenvalue weighted by molar-refractivity contribution is 0.372. The van der Waals surface area contributed by atoms with Crippen LogP contribution in [0.5, 0.6) is 0 Å². The molecule has 6 heteroatoms. The van der Waals surface area contributed by atoms with Crippen LogP contribution in [0.2, 0.25) is 0 Å². The Hall–Kier alpha value is -1.69. The summed E-state index contributed by atoms with van der Waals surface area (Å²) in [6.45, 7) is 2.06. The summed E-state index contributed by atoms with van der Waals surface area (Å²) in [5.74, 6) is 1.05. The van der Waals surface area contributed by atoms with Crippen LogP contribution < -0.4 is 5.73 Å². The second-order valence-corrected chi connectivity index (χ2v) is 4.92. The fourth-order valence-corrected chi connectivity index (χ4v) is 2.41. The third-order valence-electron chi connectivity index (χ3n) is 3.60. The van der Waals surface area contributed by atoms with Gasteiger partial charge in [0.15, 0.2) is 11.5 Å². The molecule has 0 aromatic carbocycles. The smallest absolute Gasteiger partial charge is 0.278 e. The molecule has 96 valence electrons. The molecule has 0 bridgehead atoms. The molecule has 0 spiro atoms. The van der Waals surface area contributed by atoms with E-state index in [9.17, 15) is 0 Å². The van der Waals surface area contributed by atoms with E-state index in [1.54, 1.807) is 0 Å². The van der Waals surface area contributed by atoms with Gasteiger partial charge >= 0.3 is 0 Å². The van der Waals surface area contributed by atoms with Gasteiger partial charge in [-0.25, -0.2) is 0 Å². The predicted molar refractivity (Wildman–Crippen MR) is 65.6 cm³/mol. The Labute approximate surface area is 105 Å². The molecule has 1 saturated carbocycles. The number of nitrogens with zero attached hydrogens (tertiary/aromatic N) is 3. The van der Waals surface area contributed by atoms with E-state index < -0.39 is 5.54 Å². The topological polar surface area (TPSA) is 93.6 Å². The van der Waals surface area contributed by atoms with E-state index in [4.69, 9.17) is 10.3 Å². The van der Waals surface area contributed by atoms with Crippen molar-refractivity contribution in [2.45, 2.75) is 44.6 Å². The third kappa shape index (κ3) is 1.82. The highest BCUT2D eigenvalue weighted by Gasteiger charge is 2.36. The average molecular weight is 247 g/mol. The average Bonchev–Trinajstić information content (AvgIpc) is 3.08. The number of aromatic amines is 1. The standard InChI is InChI=1S/C12H17N5O/c1-2-8-7-9(16-15-8)10-14-11(17-18-10)12(13)5-3-4-6-12/h7H,2-6,13H2,1H3,(H,15,16). The molecule has 3 rings (SSSR count). The Bertz CT molecular complexity index is 538. The van der Waals surface area contributed by atoms with Crippen molar-refractivity contribution in [3.63, 3.8) is 0 Å². The number of hydrogen-bond acceptors (Lipinski definition) is 5. The van der Waals surface area contributed by atoms with Crippen molar-refractivity contribution in [1.29, 1.82) is 0 Å². The molecule has 0 radical (unpaired) electrons. The molecule has 2 heterocycles. The van der Waals surface area contributed by atoms with Crippen molar-refractivity contribution in [2.24, 2.45) is 5.73 Å². The van der Waals surface area contributed by atoms with Crippen LogP contribution in [0, 0.1) is 0 Å². The summed E-state index contributed by atoms with van der Waals surface area (Å²) in [6.07, 6.45) is 5.00. The highest BCUT2D eigenvalue weighted by Crippen LogP contribution is 2.35. The molecule has 0 amide bonds. The molecule has 1 fully saturated rings. The first-order valence-electron chi connectivity index (χ1n) is 6.39. The lowest BCUT2D eigenvalue weighted by Gasteiger charge is -2.17. The van der Waals surface area contributed by atoms with Crippen molar-refractivity contribution in [2.75, 3.05) is 0 Å². The highest BCUT2D eigenvalue weighted by molar-refractivity contribution is 5.46. The summed E-state index contributed by atoms with van der Waals surface area (Å²) in [7, 11) is 0. The van der Waals surface area contributed by atoms with E-state index in [1.807, 2.05) is 6.07 Å². The lowest BCUT2D eigenvalue weighted by atomic mass is 9.99. The summed E-state index contributed by atoms with van der Waals surface area (Å²) in [5, 5.41) is 11.1. The van der Waals surface area contributed by atoms with Gasteiger partial charge in [0.25, 0.3) is 5.89 Å². The monoisotopic (exact) mass is 247 g/mol. The number of aryl methyl sites for hydroxylation is 1. The van der Waals surface area contributed by atoms with Crippen molar-refractivity contribution >= 4 is 0 Å². The normalized spacial score (nSPS) is 18.3. The minimum atomic E-state index is -0.411. The van der Waals surface area contributed by atoms with E-state index in [0.717, 1.165) is 37.8 Å². The second-order valence-electron chi connectivity index (χ2n) is 4.92. The zero-order valence-corrected chi connectivity index (χ0v) is 10.4. The van der Waals surface area contributed by atoms with E-state index in [-0.39, 0.29) is 0 Å². The number of nitrogens with one attached hydrogen (secondary N) is 1. The van der Waals surface area contributed by atoms with E-state index in [1.165, 1.54) is 0 Å². The number of hydrogen-bond donors (Lipinski definition) is 2. The van der Waals surface area contributed by atoms with Gasteiger partial charge in [-0.1, -0.05) is 24.9 Å². The Balaban J connectivity index is 1.89. The first-order valence-corrected chi connectivity index (χ1v) is 6.39. The van der Waals surface area contributed by atoms with Gasteiger partial charge in [0.05, 0.1) is 5.54 Å². The van der Waals surface area contributed by atoms with Crippen LogP contribution >= 0.6 is 0 Å². The van der Waals surface area contributed by atoms with Crippen LogP contribution in [0.3, 0.4) is 0 Å². The molecule has 3 N–H and O–H groups in total. The maximum Gasteiger partial charge on any atom is 0.278 e. The Morgan fingerprint density at radius 2 is 2.22 bits per heavy atom. The van der Waals surface area contributed by atoms with Gasteiger partial charge in [0, 0.05) is 5.69 Å². The SMILES string of the molecule is CCc1cc(-c2nc(C3(N)CCCC3)no2)n[nH]1. The minimum absolute atomic E-state index is 0.411. The van der Waals surface area contributed by atoms with E-state index in [2.05, 4.69) is 27.3 Å². The van der Waals surface area contributed by atoms with Crippen LogP contribution in [-0.2, 0) is 12.0 Å². The van der Waals surface area contributed by atoms with Gasteiger partial charge in [0.2, 0.25) is 0 Å². The van der Waals surface area contributed by atoms with Crippen LogP contribution in [0.25, 0.3) is 11.6 Å². The quantitative estimate of drug-likeness (QED) is 0.861. The van der Waals surface area contributed by atoms with Gasteiger partial charge in [0.1, 0.15) is 0 Å². The van der Waals surface area contributed by atoms with Gasteiger partial charge < -0.3 is 10.3 Å². The molecule has 6 nitrogen and oxygen atoms in total. The fourth-order valence-electron chi connectivity index (χ4n) is 2.41. The summed E-state index contributed by atoms with van der Waals surface area (Å²) < 4.78 is 5.26. The lowest BCUT2D eigenvalue weighted by Crippen LogP contribution is -2.34. The predicted octanol–water partition coefficient (Wildman–Crippen LogP) is 1.75. The number of rotatable bonds is 3. The van der Waals surface area contributed by atoms with E-state index >= 15 is 0 Å². The van der Waals surface area contributed by atoms with Gasteiger partial charge in [-0.05, 0) is 25.3 Å². The number of aromatic nitrogens is 4. The molecule has 0 atom stereocenters. The van der Waals surface area contributed by atoms with Crippen LogP contribution in [0.4, 0.5) is 0 Å². The van der Waals surface area contributed by atoms with Gasteiger partial charge in [-0.15, -0.1) is 0 Å². The van der Waals surface area contributed by atoms with Crippen LogP contribution in [0.15, 0.2) is 10.6 Å². The van der Waals surface area contributed by atoms with Crippen molar-refractivity contribution in [3.05, 3.63) is 17.6 Å². The highest BCUT2D eigenvalue weighted by atomic mass is 16.5. The number of H-pyrrole nitrogens is 1. The summed E-state index contributed by atoms with van der Waals surface area (Å²) >= 11 is 0. The minimum Gasteiger partial charge on any atom is -0.332 e. The first-order chi connectivity index (χ1) is 8.71. The maximum absolute atomic E-state index is 6.29. The van der Waals surface area contributed by atoms with Crippen molar-refractivity contribution in [1.82, 2.24) is 20.3 Å². The van der Waals surface area contributed by atoms with Crippen LogP contribution in [-0.4, -0.2) is 20.3 Å². The third-order valence-corrected chi connectivity index (χ3v) is 3.60. The summed E-state index contributed by atoms with van der Waals surface area (Å²) in [4.78, 5) is 4.40. The molecule has 0 unspecified atom stereocenters. The van der Waals surface area contributed by atoms with Crippen molar-refractivity contribution in [3.8, 4) is 11.6 Å². The summed E-state index contributed by atoms with van der Waals surface area (Å²) in [5.41, 5.74) is 7.62. The first kappa shape index (κ1) is 11.4. The van der Waals surface area contributed by atoms with Crippen LogP contribution in [0.1, 0.15) is 44.1 Å². The fraction of sp³-hybridized carbons (Fsp3) is 0.583. The largest absolute Gasteiger partial charge is 0.332 e. The summed E-state index contributed by atoms with van der Waals surface area (Å²) in [6, 6.07) is 1.93. The Morgan fingerprint density at radius 1 is 1.44 bits per heavy atom. The van der Waals surface area contributed by atoms with E-state index in [0.29, 0.717) is 17.4 Å². The number of nitrogens with two attached hydrogens (primary N) is 1. The van der Waals surface area contributed by atoms with Crippen molar-refractivity contribution < 1.29 is 4.52 Å². The Kier molecular flexibility index (Phi) is 2.66. The molecular formula is C12H17N5O. The second kappa shape index (κ2) is 4.20. The molecule has 0 saturated heterocycles. The molecule has 0 aliphatic heterocycles. The Morgan fingerprint density at radius 3 is 2.89 bits per heavy atom. The van der Waals surface area contributed by atoms with Gasteiger partial charge in [-0.2, -0.15) is 10.1 Å². The molecular weight excluding hydrogens is 230 g/mol. The molecule has 18 heavy (non-hydrogen) atoms. The maximum atomic E-state index is 6.29. The molecule has 1 aliphatic carbocycles. The zero-order valence-electron chi connectivity index (χ0n) is 10.4. The van der Waals surface area contributed by atoms with Gasteiger partial charge in [-0.3, -0.25) is 5.10 Å². The zero-order chi connectivity index (χ0) is 12.6. The molecule has 1 aliphatic rings. The molecule has 2 aromatic rings.